The van der Waals surface area contributed by atoms with Gasteiger partial charge in [-0.05, 0) is 57.1 Å². The maximum Gasteiger partial charge on any atom is 0.269 e. The number of anilines is 1. The number of carbonyl (C=O) groups is 2. The van der Waals surface area contributed by atoms with E-state index < -0.39 is 11.8 Å². The van der Waals surface area contributed by atoms with Crippen LogP contribution < -0.4 is 9.64 Å². The quantitative estimate of drug-likeness (QED) is 0.291. The third-order valence-corrected chi connectivity index (χ3v) is 6.52. The van der Waals surface area contributed by atoms with Crippen LogP contribution in [-0.2, 0) is 9.59 Å². The second kappa shape index (κ2) is 11.3. The minimum atomic E-state index is -0.504. The van der Waals surface area contributed by atoms with Gasteiger partial charge in [-0.1, -0.05) is 26.7 Å². The second-order valence-electron chi connectivity index (χ2n) is 8.27. The van der Waals surface area contributed by atoms with Crippen molar-refractivity contribution in [3.05, 3.63) is 40.7 Å². The number of ether oxygens (including phenoxy) is 1. The molecule has 34 heavy (non-hydrogen) atoms. The molecule has 1 aromatic rings. The standard InChI is InChI=1S/C26H32N4O3S/c1-5-9-13-29-24(31)22(25(32)30(26(29)34)14-10-6-2)23-19(17-27)15-18-11-12-20(16-21(18)33-23)28(7-3)8-4/h11-12,15-16H,5-10,13-14H2,1-4H3. The molecule has 0 atom stereocenters. The highest BCUT2D eigenvalue weighted by Crippen LogP contribution is 2.37. The van der Waals surface area contributed by atoms with Crippen LogP contribution in [0.4, 0.5) is 5.69 Å². The number of fused-ring (bicyclic) bond motifs is 1. The number of allylic oxidation sites excluding steroid dienone is 1. The fourth-order valence-electron chi connectivity index (χ4n) is 4.07. The van der Waals surface area contributed by atoms with Gasteiger partial charge >= 0.3 is 0 Å². The number of nitrogens with zero attached hydrogens (tertiary/aromatic N) is 4. The van der Waals surface area contributed by atoms with Crippen molar-refractivity contribution in [2.45, 2.75) is 53.4 Å². The third-order valence-electron chi connectivity index (χ3n) is 6.08. The highest BCUT2D eigenvalue weighted by atomic mass is 32.1. The van der Waals surface area contributed by atoms with Gasteiger partial charge < -0.3 is 9.64 Å². The highest BCUT2D eigenvalue weighted by molar-refractivity contribution is 7.80. The topological polar surface area (TPSA) is 76.9 Å². The molecule has 1 fully saturated rings. The first-order valence-electron chi connectivity index (χ1n) is 12.0. The van der Waals surface area contributed by atoms with Gasteiger partial charge in [0.25, 0.3) is 11.8 Å². The van der Waals surface area contributed by atoms with Crippen LogP contribution in [0.5, 0.6) is 5.75 Å². The maximum atomic E-state index is 13.5. The van der Waals surface area contributed by atoms with E-state index in [9.17, 15) is 14.9 Å². The molecule has 0 bridgehead atoms. The SMILES string of the molecule is CCCCN1C(=O)C(=C2Oc3cc(N(CC)CC)ccc3C=C2C#N)C(=O)N(CCCC)C1=S. The van der Waals surface area contributed by atoms with Gasteiger partial charge in [-0.2, -0.15) is 5.26 Å². The van der Waals surface area contributed by atoms with E-state index in [0.29, 0.717) is 18.8 Å². The summed E-state index contributed by atoms with van der Waals surface area (Å²) in [4.78, 5) is 32.2. The summed E-state index contributed by atoms with van der Waals surface area (Å²) in [5, 5.41) is 10.1. The van der Waals surface area contributed by atoms with E-state index in [4.69, 9.17) is 17.0 Å². The summed E-state index contributed by atoms with van der Waals surface area (Å²) in [6, 6.07) is 7.87. The van der Waals surface area contributed by atoms with E-state index in [2.05, 4.69) is 24.8 Å². The molecule has 0 saturated carbocycles. The molecular formula is C26H32N4O3S. The lowest BCUT2D eigenvalue weighted by molar-refractivity contribution is -0.134. The van der Waals surface area contributed by atoms with Crippen molar-refractivity contribution < 1.29 is 14.3 Å². The van der Waals surface area contributed by atoms with E-state index in [1.54, 1.807) is 6.08 Å². The predicted octanol–water partition coefficient (Wildman–Crippen LogP) is 4.64. The van der Waals surface area contributed by atoms with Crippen molar-refractivity contribution in [2.24, 2.45) is 0 Å². The Bertz CT molecular complexity index is 1050. The Labute approximate surface area is 207 Å². The Morgan fingerprint density at radius 2 is 1.59 bits per heavy atom. The zero-order valence-electron chi connectivity index (χ0n) is 20.4. The molecule has 0 radical (unpaired) electrons. The van der Waals surface area contributed by atoms with Crippen LogP contribution in [0.3, 0.4) is 0 Å². The van der Waals surface area contributed by atoms with Crippen LogP contribution in [-0.4, -0.2) is 52.9 Å². The molecule has 0 N–H and O–H groups in total. The van der Waals surface area contributed by atoms with Gasteiger partial charge in [0.2, 0.25) is 0 Å². The van der Waals surface area contributed by atoms with E-state index >= 15 is 0 Å². The summed E-state index contributed by atoms with van der Waals surface area (Å²) in [6.45, 7) is 10.7. The first-order chi connectivity index (χ1) is 16.4. The maximum absolute atomic E-state index is 13.5. The number of benzene rings is 1. The summed E-state index contributed by atoms with van der Waals surface area (Å²) in [5.41, 5.74) is 1.72. The van der Waals surface area contributed by atoms with E-state index in [0.717, 1.165) is 50.0 Å². The molecule has 0 aromatic heterocycles. The van der Waals surface area contributed by atoms with Gasteiger partial charge in [0.05, 0.1) is 5.57 Å². The summed E-state index contributed by atoms with van der Waals surface area (Å²) in [6.07, 6.45) is 4.93. The van der Waals surface area contributed by atoms with Crippen LogP contribution in [0.25, 0.3) is 6.08 Å². The van der Waals surface area contributed by atoms with Crippen molar-refractivity contribution in [1.82, 2.24) is 9.80 Å². The molecular weight excluding hydrogens is 448 g/mol. The Hall–Kier alpha value is -3.18. The number of nitriles is 1. The number of thiocarbonyl (C=S) groups is 1. The number of rotatable bonds is 9. The van der Waals surface area contributed by atoms with E-state index in [-0.39, 0.29) is 22.0 Å². The van der Waals surface area contributed by atoms with Crippen LogP contribution in [0.15, 0.2) is 35.1 Å². The summed E-state index contributed by atoms with van der Waals surface area (Å²) in [7, 11) is 0. The minimum Gasteiger partial charge on any atom is -0.454 e. The van der Waals surface area contributed by atoms with Crippen molar-refractivity contribution in [3.63, 3.8) is 0 Å². The highest BCUT2D eigenvalue weighted by Gasteiger charge is 2.43. The number of unbranched alkanes of at least 4 members (excludes halogenated alkanes) is 2. The molecule has 2 aliphatic heterocycles. The number of hydrogen-bond acceptors (Lipinski definition) is 6. The summed E-state index contributed by atoms with van der Waals surface area (Å²) in [5.74, 6) is -0.488. The van der Waals surface area contributed by atoms with Gasteiger partial charge in [-0.25, -0.2) is 0 Å². The van der Waals surface area contributed by atoms with Crippen molar-refractivity contribution in [3.8, 4) is 11.8 Å². The largest absolute Gasteiger partial charge is 0.454 e. The normalized spacial score (nSPS) is 15.7. The van der Waals surface area contributed by atoms with Crippen LogP contribution in [0.1, 0.15) is 58.9 Å². The number of amides is 2. The van der Waals surface area contributed by atoms with Gasteiger partial charge in [0.15, 0.2) is 10.9 Å². The lowest BCUT2D eigenvalue weighted by Crippen LogP contribution is -2.57. The molecule has 0 unspecified atom stereocenters. The van der Waals surface area contributed by atoms with Crippen molar-refractivity contribution >= 4 is 40.9 Å². The minimum absolute atomic E-state index is 0.00666. The monoisotopic (exact) mass is 480 g/mol. The fraction of sp³-hybridized carbons (Fsp3) is 0.462. The molecule has 3 rings (SSSR count). The van der Waals surface area contributed by atoms with E-state index in [1.807, 2.05) is 32.0 Å². The van der Waals surface area contributed by atoms with Crippen LogP contribution in [0.2, 0.25) is 0 Å². The van der Waals surface area contributed by atoms with Crippen molar-refractivity contribution in [1.29, 1.82) is 5.26 Å². The van der Waals surface area contributed by atoms with E-state index in [1.165, 1.54) is 9.80 Å². The number of hydrogen-bond donors (Lipinski definition) is 0. The smallest absolute Gasteiger partial charge is 0.269 e. The molecule has 2 heterocycles. The zero-order valence-corrected chi connectivity index (χ0v) is 21.2. The zero-order chi connectivity index (χ0) is 24.8. The van der Waals surface area contributed by atoms with Crippen LogP contribution >= 0.6 is 12.2 Å². The van der Waals surface area contributed by atoms with Crippen molar-refractivity contribution in [2.75, 3.05) is 31.1 Å². The predicted molar refractivity (Wildman–Crippen MR) is 137 cm³/mol. The average molecular weight is 481 g/mol. The van der Waals surface area contributed by atoms with Gasteiger partial charge in [0, 0.05) is 43.5 Å². The average Bonchev–Trinajstić information content (AvgIpc) is 2.84. The molecule has 2 amide bonds. The first kappa shape index (κ1) is 25.4. The van der Waals surface area contributed by atoms with Gasteiger partial charge in [-0.3, -0.25) is 19.4 Å². The Morgan fingerprint density at radius 3 is 2.09 bits per heavy atom. The Balaban J connectivity index is 2.13. The summed E-state index contributed by atoms with van der Waals surface area (Å²) < 4.78 is 6.16. The lowest BCUT2D eigenvalue weighted by atomic mass is 9.99. The molecule has 7 nitrogen and oxygen atoms in total. The Morgan fingerprint density at radius 1 is 1.00 bits per heavy atom. The second-order valence-corrected chi connectivity index (χ2v) is 8.64. The molecule has 1 saturated heterocycles. The molecule has 1 aromatic carbocycles. The Kier molecular flexibility index (Phi) is 8.46. The molecule has 8 heteroatoms. The fourth-order valence-corrected chi connectivity index (χ4v) is 4.42. The first-order valence-corrected chi connectivity index (χ1v) is 12.4. The molecule has 2 aliphatic rings. The molecule has 0 spiro atoms. The van der Waals surface area contributed by atoms with Gasteiger partial charge in [-0.15, -0.1) is 0 Å². The molecule has 0 aliphatic carbocycles. The lowest BCUT2D eigenvalue weighted by Gasteiger charge is -2.37. The van der Waals surface area contributed by atoms with Gasteiger partial charge in [0.1, 0.15) is 17.4 Å². The number of carbonyl (C=O) groups excluding carboxylic acids is 2. The van der Waals surface area contributed by atoms with Crippen LogP contribution in [0, 0.1) is 11.3 Å². The molecule has 180 valence electrons. The summed E-state index contributed by atoms with van der Waals surface area (Å²) >= 11 is 5.54. The third kappa shape index (κ3) is 4.85.